The second kappa shape index (κ2) is 2.09. The summed E-state index contributed by atoms with van der Waals surface area (Å²) < 4.78 is 4.80. The van der Waals surface area contributed by atoms with Gasteiger partial charge in [-0.2, -0.15) is 4.57 Å². The minimum Gasteiger partial charge on any atom is -0.449 e. The maximum absolute atomic E-state index is 10.5. The first-order chi connectivity index (χ1) is 4.68. The Kier molecular flexibility index (Phi) is 1.41. The van der Waals surface area contributed by atoms with Crippen LogP contribution in [0.3, 0.4) is 0 Å². The fraction of sp³-hybridized carbons (Fsp3) is 0.400. The van der Waals surface area contributed by atoms with Crippen molar-refractivity contribution in [1.29, 1.82) is 0 Å². The van der Waals surface area contributed by atoms with Gasteiger partial charge >= 0.3 is 17.2 Å². The first kappa shape index (κ1) is 6.73. The second-order valence-corrected chi connectivity index (χ2v) is 1.64. The average Bonchev–Trinajstić information content (AvgIpc) is 2.42. The van der Waals surface area contributed by atoms with Gasteiger partial charge in [0, 0.05) is 0 Å². The van der Waals surface area contributed by atoms with Crippen LogP contribution in [-0.2, 0) is 4.74 Å². The first-order valence-corrected chi connectivity index (χ1v) is 2.73. The SMILES string of the molecule is CCOC(=O)n1c(=O)c1=O. The zero-order valence-electron chi connectivity index (χ0n) is 5.29. The molecule has 10 heavy (non-hydrogen) atoms. The van der Waals surface area contributed by atoms with E-state index in [4.69, 9.17) is 0 Å². The molecule has 0 saturated carbocycles. The molecule has 0 radical (unpaired) electrons. The van der Waals surface area contributed by atoms with Crippen molar-refractivity contribution in [3.63, 3.8) is 0 Å². The first-order valence-electron chi connectivity index (χ1n) is 2.73. The summed E-state index contributed by atoms with van der Waals surface area (Å²) in [6.07, 6.45) is -0.877. The minimum atomic E-state index is -0.877. The van der Waals surface area contributed by atoms with E-state index in [1.807, 2.05) is 0 Å². The Morgan fingerprint density at radius 3 is 2.30 bits per heavy atom. The fourth-order valence-electron chi connectivity index (χ4n) is 0.489. The molecule has 0 amide bonds. The van der Waals surface area contributed by atoms with Crippen molar-refractivity contribution in [3.8, 4) is 0 Å². The number of carbonyl (C=O) groups is 1. The standard InChI is InChI=1S/C5H5NO4/c1-2-10-5(9)6-3(7)4(6)8/h2H2,1H3. The predicted octanol–water partition coefficient (Wildman–Crippen LogP) is -0.911. The highest BCUT2D eigenvalue weighted by Gasteiger charge is 2.23. The van der Waals surface area contributed by atoms with Crippen molar-refractivity contribution >= 4 is 6.09 Å². The topological polar surface area (TPSA) is 65.4 Å². The summed E-state index contributed by atoms with van der Waals surface area (Å²) in [5.74, 6) is 0. The molecule has 0 spiro atoms. The van der Waals surface area contributed by atoms with E-state index in [1.165, 1.54) is 0 Å². The van der Waals surface area contributed by atoms with Crippen LogP contribution in [-0.4, -0.2) is 17.3 Å². The smallest absolute Gasteiger partial charge is 0.424 e. The van der Waals surface area contributed by atoms with Gasteiger partial charge in [0.05, 0.1) is 6.61 Å². The third kappa shape index (κ3) is 0.854. The molecular weight excluding hydrogens is 138 g/mol. The van der Waals surface area contributed by atoms with Crippen molar-refractivity contribution in [3.05, 3.63) is 20.7 Å². The molecule has 5 heteroatoms. The highest BCUT2D eigenvalue weighted by atomic mass is 16.6. The average molecular weight is 143 g/mol. The monoisotopic (exact) mass is 143 g/mol. The molecule has 1 aromatic heterocycles. The Hall–Kier alpha value is -1.39. The lowest BCUT2D eigenvalue weighted by Crippen LogP contribution is -2.12. The van der Waals surface area contributed by atoms with Crippen LogP contribution in [0.25, 0.3) is 0 Å². The van der Waals surface area contributed by atoms with Gasteiger partial charge in [0.1, 0.15) is 0 Å². The fourth-order valence-corrected chi connectivity index (χ4v) is 0.489. The van der Waals surface area contributed by atoms with Gasteiger partial charge in [-0.1, -0.05) is 0 Å². The van der Waals surface area contributed by atoms with Crippen molar-refractivity contribution in [2.45, 2.75) is 6.92 Å². The molecule has 5 nitrogen and oxygen atoms in total. The number of hydrogen-bond donors (Lipinski definition) is 0. The molecule has 1 heterocycles. The Balaban J connectivity index is 2.71. The van der Waals surface area contributed by atoms with Gasteiger partial charge in [-0.3, -0.25) is 9.59 Å². The van der Waals surface area contributed by atoms with Crippen LogP contribution in [0.1, 0.15) is 6.92 Å². The molecule has 1 aromatic rings. The summed E-state index contributed by atoms with van der Waals surface area (Å²) in [6, 6.07) is 0. The van der Waals surface area contributed by atoms with E-state index in [2.05, 4.69) is 4.74 Å². The normalized spacial score (nSPS) is 10.1. The lowest BCUT2D eigenvalue weighted by Gasteiger charge is -1.92. The Bertz CT molecular complexity index is 292. The molecule has 0 aliphatic heterocycles. The van der Waals surface area contributed by atoms with Crippen LogP contribution in [0, 0.1) is 0 Å². The van der Waals surface area contributed by atoms with E-state index in [-0.39, 0.29) is 6.61 Å². The zero-order valence-corrected chi connectivity index (χ0v) is 5.29. The molecule has 0 atom stereocenters. The second-order valence-electron chi connectivity index (χ2n) is 1.64. The highest BCUT2D eigenvalue weighted by molar-refractivity contribution is 5.71. The summed E-state index contributed by atoms with van der Waals surface area (Å²) in [5, 5.41) is 0. The summed E-state index contributed by atoms with van der Waals surface area (Å²) in [4.78, 5) is 30.9. The molecule has 0 N–H and O–H groups in total. The Labute approximate surface area is 55.5 Å². The van der Waals surface area contributed by atoms with Crippen LogP contribution in [0.4, 0.5) is 4.79 Å². The number of aromatic nitrogens is 1. The lowest BCUT2D eigenvalue weighted by molar-refractivity contribution is 0.155. The van der Waals surface area contributed by atoms with Gasteiger partial charge in [-0.15, -0.1) is 0 Å². The van der Waals surface area contributed by atoms with E-state index in [0.29, 0.717) is 4.57 Å². The van der Waals surface area contributed by atoms with E-state index in [1.54, 1.807) is 6.92 Å². The van der Waals surface area contributed by atoms with Crippen LogP contribution in [0.2, 0.25) is 0 Å². The largest absolute Gasteiger partial charge is 0.449 e. The van der Waals surface area contributed by atoms with E-state index >= 15 is 0 Å². The van der Waals surface area contributed by atoms with Crippen molar-refractivity contribution in [2.75, 3.05) is 6.61 Å². The van der Waals surface area contributed by atoms with Crippen LogP contribution < -0.4 is 11.1 Å². The summed E-state index contributed by atoms with van der Waals surface area (Å²) in [5.41, 5.74) is -1.59. The molecule has 54 valence electrons. The van der Waals surface area contributed by atoms with Gasteiger partial charge in [0.15, 0.2) is 0 Å². The van der Waals surface area contributed by atoms with E-state index in [0.717, 1.165) is 0 Å². The Morgan fingerprint density at radius 1 is 1.50 bits per heavy atom. The number of nitrogens with zero attached hydrogens (tertiary/aromatic N) is 1. The number of carbonyl (C=O) groups excluding carboxylic acids is 1. The van der Waals surface area contributed by atoms with Crippen LogP contribution in [0.15, 0.2) is 9.59 Å². The van der Waals surface area contributed by atoms with Gasteiger partial charge in [-0.05, 0) is 6.92 Å². The Morgan fingerprint density at radius 2 is 2.00 bits per heavy atom. The van der Waals surface area contributed by atoms with E-state index in [9.17, 15) is 14.4 Å². The number of hydrogen-bond acceptors (Lipinski definition) is 4. The van der Waals surface area contributed by atoms with Crippen LogP contribution >= 0.6 is 0 Å². The number of ether oxygens (including phenoxy) is 1. The maximum Gasteiger partial charge on any atom is 0.424 e. The van der Waals surface area contributed by atoms with Gasteiger partial charge in [-0.25, -0.2) is 4.79 Å². The molecule has 0 aliphatic carbocycles. The lowest BCUT2D eigenvalue weighted by atomic mass is 10.9. The molecule has 0 fully saturated rings. The van der Waals surface area contributed by atoms with Gasteiger partial charge in [0.25, 0.3) is 0 Å². The molecule has 0 aromatic carbocycles. The minimum absolute atomic E-state index is 0.163. The molecular formula is C5H5NO4. The van der Waals surface area contributed by atoms with E-state index < -0.39 is 17.2 Å². The van der Waals surface area contributed by atoms with Crippen molar-refractivity contribution in [2.24, 2.45) is 0 Å². The summed E-state index contributed by atoms with van der Waals surface area (Å²) in [6.45, 7) is 1.76. The quantitative estimate of drug-likeness (QED) is 0.477. The van der Waals surface area contributed by atoms with Gasteiger partial charge in [0.2, 0.25) is 0 Å². The van der Waals surface area contributed by atoms with Crippen molar-refractivity contribution in [1.82, 2.24) is 4.57 Å². The molecule has 0 aliphatic rings. The van der Waals surface area contributed by atoms with Gasteiger partial charge < -0.3 is 4.74 Å². The zero-order chi connectivity index (χ0) is 7.72. The third-order valence-corrected chi connectivity index (χ3v) is 0.990. The molecule has 1 rings (SSSR count). The predicted molar refractivity (Wildman–Crippen MR) is 31.8 cm³/mol. The third-order valence-electron chi connectivity index (χ3n) is 0.990. The summed E-state index contributed by atoms with van der Waals surface area (Å²) >= 11 is 0. The molecule has 0 bridgehead atoms. The maximum atomic E-state index is 10.5. The van der Waals surface area contributed by atoms with Crippen LogP contribution in [0.5, 0.6) is 0 Å². The summed E-state index contributed by atoms with van der Waals surface area (Å²) in [7, 11) is 0. The highest BCUT2D eigenvalue weighted by Crippen LogP contribution is 1.80. The van der Waals surface area contributed by atoms with Crippen molar-refractivity contribution < 1.29 is 9.53 Å². The number of rotatable bonds is 1. The molecule has 0 unspecified atom stereocenters. The molecule has 0 saturated heterocycles.